The monoisotopic (exact) mass is 319 g/mol. The zero-order valence-corrected chi connectivity index (χ0v) is 12.4. The predicted molar refractivity (Wildman–Crippen MR) is 80.2 cm³/mol. The Bertz CT molecular complexity index is 821. The highest BCUT2D eigenvalue weighted by Gasteiger charge is 2.25. The average Bonchev–Trinajstić information content (AvgIpc) is 2.48. The number of carbonyl (C=O) groups excluding carboxylic acids is 1. The van der Waals surface area contributed by atoms with E-state index in [1.807, 2.05) is 0 Å². The van der Waals surface area contributed by atoms with Gasteiger partial charge in [-0.25, -0.2) is 8.42 Å². The van der Waals surface area contributed by atoms with Gasteiger partial charge < -0.3 is 10.1 Å². The number of pyridine rings is 1. The Morgan fingerprint density at radius 2 is 2.14 bits per heavy atom. The second-order valence-corrected chi connectivity index (χ2v) is 6.44. The summed E-state index contributed by atoms with van der Waals surface area (Å²) in [5.74, 6) is 0.0535. The Kier molecular flexibility index (Phi) is 3.45. The van der Waals surface area contributed by atoms with Gasteiger partial charge in [-0.2, -0.15) is 0 Å². The van der Waals surface area contributed by atoms with Crippen LogP contribution in [-0.2, 0) is 14.8 Å². The SMILES string of the molecule is CC1Oc2cc(S(=O)(=O)Nc3cccnc3)ccc2NC1=O. The molecule has 22 heavy (non-hydrogen) atoms. The fraction of sp³-hybridized carbons (Fsp3) is 0.143. The van der Waals surface area contributed by atoms with Crippen LogP contribution in [0.5, 0.6) is 5.75 Å². The molecule has 1 amide bonds. The number of benzene rings is 1. The summed E-state index contributed by atoms with van der Waals surface area (Å²) in [6, 6.07) is 7.50. The number of aromatic nitrogens is 1. The minimum absolute atomic E-state index is 0.0402. The first-order valence-corrected chi connectivity index (χ1v) is 7.98. The first kappa shape index (κ1) is 14.3. The number of carbonyl (C=O) groups is 1. The molecular formula is C14H13N3O4S. The molecule has 1 aliphatic rings. The number of rotatable bonds is 3. The summed E-state index contributed by atoms with van der Waals surface area (Å²) in [6.45, 7) is 1.59. The third-order valence-corrected chi connectivity index (χ3v) is 4.49. The number of hydrogen-bond acceptors (Lipinski definition) is 5. The summed E-state index contributed by atoms with van der Waals surface area (Å²) in [7, 11) is -3.76. The van der Waals surface area contributed by atoms with Crippen molar-refractivity contribution >= 4 is 27.3 Å². The minimum Gasteiger partial charge on any atom is -0.479 e. The highest BCUT2D eigenvalue weighted by molar-refractivity contribution is 7.92. The van der Waals surface area contributed by atoms with Gasteiger partial charge in [0.05, 0.1) is 22.5 Å². The van der Waals surface area contributed by atoms with E-state index in [4.69, 9.17) is 4.74 Å². The van der Waals surface area contributed by atoms with Gasteiger partial charge >= 0.3 is 0 Å². The summed E-state index contributed by atoms with van der Waals surface area (Å²) in [5.41, 5.74) is 0.811. The lowest BCUT2D eigenvalue weighted by Gasteiger charge is -2.23. The quantitative estimate of drug-likeness (QED) is 0.895. The van der Waals surface area contributed by atoms with Gasteiger partial charge in [-0.15, -0.1) is 0 Å². The van der Waals surface area contributed by atoms with E-state index in [1.165, 1.54) is 24.4 Å². The van der Waals surface area contributed by atoms with Crippen molar-refractivity contribution < 1.29 is 17.9 Å². The maximum atomic E-state index is 12.4. The molecule has 0 aliphatic carbocycles. The second kappa shape index (κ2) is 5.30. The first-order valence-electron chi connectivity index (χ1n) is 6.50. The van der Waals surface area contributed by atoms with E-state index in [2.05, 4.69) is 15.0 Å². The number of sulfonamides is 1. The molecule has 0 fully saturated rings. The molecule has 8 heteroatoms. The van der Waals surface area contributed by atoms with E-state index in [1.54, 1.807) is 25.3 Å². The molecule has 0 bridgehead atoms. The Hall–Kier alpha value is -2.61. The van der Waals surface area contributed by atoms with Crippen LogP contribution in [0.4, 0.5) is 11.4 Å². The number of fused-ring (bicyclic) bond motifs is 1. The van der Waals surface area contributed by atoms with E-state index in [-0.39, 0.29) is 10.8 Å². The Morgan fingerprint density at radius 3 is 2.86 bits per heavy atom. The average molecular weight is 319 g/mol. The Balaban J connectivity index is 1.92. The molecule has 2 aromatic rings. The van der Waals surface area contributed by atoms with Gasteiger partial charge in [0.1, 0.15) is 5.75 Å². The van der Waals surface area contributed by atoms with Crippen molar-refractivity contribution in [2.45, 2.75) is 17.9 Å². The summed E-state index contributed by atoms with van der Waals surface area (Å²) in [5, 5.41) is 2.65. The van der Waals surface area contributed by atoms with Gasteiger partial charge in [0.2, 0.25) is 0 Å². The normalized spacial score (nSPS) is 17.1. The largest absolute Gasteiger partial charge is 0.479 e. The van der Waals surface area contributed by atoms with Gasteiger partial charge in [0.25, 0.3) is 15.9 Å². The molecule has 0 saturated carbocycles. The summed E-state index contributed by atoms with van der Waals surface area (Å²) in [6.07, 6.45) is 2.29. The lowest BCUT2D eigenvalue weighted by Crippen LogP contribution is -2.34. The van der Waals surface area contributed by atoms with Gasteiger partial charge in [-0.1, -0.05) is 0 Å². The standard InChI is InChI=1S/C14H13N3O4S/c1-9-14(18)16-12-5-4-11(7-13(12)21-9)22(19,20)17-10-3-2-6-15-8-10/h2-9,17H,1H3,(H,16,18). The summed E-state index contributed by atoms with van der Waals surface area (Å²) in [4.78, 5) is 15.4. The molecule has 1 aromatic heterocycles. The molecule has 0 saturated heterocycles. The highest BCUT2D eigenvalue weighted by atomic mass is 32.2. The number of hydrogen-bond donors (Lipinski definition) is 2. The van der Waals surface area contributed by atoms with Crippen LogP contribution >= 0.6 is 0 Å². The van der Waals surface area contributed by atoms with E-state index >= 15 is 0 Å². The van der Waals surface area contributed by atoms with Crippen molar-refractivity contribution in [2.24, 2.45) is 0 Å². The Morgan fingerprint density at radius 1 is 1.32 bits per heavy atom. The number of ether oxygens (including phenoxy) is 1. The first-order chi connectivity index (χ1) is 10.5. The van der Waals surface area contributed by atoms with Crippen molar-refractivity contribution in [1.82, 2.24) is 4.98 Å². The van der Waals surface area contributed by atoms with Crippen LogP contribution in [0, 0.1) is 0 Å². The lowest BCUT2D eigenvalue weighted by molar-refractivity contribution is -0.122. The number of amides is 1. The van der Waals surface area contributed by atoms with E-state index in [0.29, 0.717) is 17.1 Å². The third-order valence-electron chi connectivity index (χ3n) is 3.11. The minimum atomic E-state index is -3.76. The summed E-state index contributed by atoms with van der Waals surface area (Å²) < 4.78 is 32.5. The third kappa shape index (κ3) is 2.73. The van der Waals surface area contributed by atoms with Crippen LogP contribution in [0.3, 0.4) is 0 Å². The molecule has 2 heterocycles. The topological polar surface area (TPSA) is 97.4 Å². The van der Waals surface area contributed by atoms with E-state index in [0.717, 1.165) is 0 Å². The fourth-order valence-electron chi connectivity index (χ4n) is 1.99. The molecule has 1 aromatic carbocycles. The van der Waals surface area contributed by atoms with E-state index < -0.39 is 16.1 Å². The van der Waals surface area contributed by atoms with Crippen molar-refractivity contribution in [3.63, 3.8) is 0 Å². The highest BCUT2D eigenvalue weighted by Crippen LogP contribution is 2.32. The van der Waals surface area contributed by atoms with Gasteiger partial charge in [0, 0.05) is 12.3 Å². The molecule has 1 unspecified atom stereocenters. The zero-order chi connectivity index (χ0) is 15.7. The van der Waals surface area contributed by atoms with Crippen LogP contribution in [0.1, 0.15) is 6.92 Å². The maximum absolute atomic E-state index is 12.4. The molecule has 114 valence electrons. The molecule has 0 spiro atoms. The maximum Gasteiger partial charge on any atom is 0.265 e. The van der Waals surface area contributed by atoms with Crippen molar-refractivity contribution in [3.8, 4) is 5.75 Å². The summed E-state index contributed by atoms with van der Waals surface area (Å²) >= 11 is 0. The molecule has 0 radical (unpaired) electrons. The van der Waals surface area contributed by atoms with Gasteiger partial charge in [-0.3, -0.25) is 14.5 Å². The zero-order valence-electron chi connectivity index (χ0n) is 11.6. The number of nitrogens with one attached hydrogen (secondary N) is 2. The van der Waals surface area contributed by atoms with Crippen LogP contribution in [0.15, 0.2) is 47.6 Å². The number of nitrogens with zero attached hydrogens (tertiary/aromatic N) is 1. The van der Waals surface area contributed by atoms with Gasteiger partial charge in [-0.05, 0) is 31.2 Å². The molecule has 2 N–H and O–H groups in total. The Labute approximate surface area is 127 Å². The van der Waals surface area contributed by atoms with Crippen molar-refractivity contribution in [2.75, 3.05) is 10.0 Å². The second-order valence-electron chi connectivity index (χ2n) is 4.75. The molecule has 1 atom stereocenters. The smallest absolute Gasteiger partial charge is 0.265 e. The van der Waals surface area contributed by atoms with Crippen LogP contribution in [-0.4, -0.2) is 25.4 Å². The molecular weight excluding hydrogens is 306 g/mol. The van der Waals surface area contributed by atoms with Crippen molar-refractivity contribution in [1.29, 1.82) is 0 Å². The lowest BCUT2D eigenvalue weighted by atomic mass is 10.2. The van der Waals surface area contributed by atoms with Crippen LogP contribution < -0.4 is 14.8 Å². The van der Waals surface area contributed by atoms with Crippen LogP contribution in [0.25, 0.3) is 0 Å². The van der Waals surface area contributed by atoms with Crippen molar-refractivity contribution in [3.05, 3.63) is 42.7 Å². The predicted octanol–water partition coefficient (Wildman–Crippen LogP) is 1.60. The van der Waals surface area contributed by atoms with Crippen LogP contribution in [0.2, 0.25) is 0 Å². The molecule has 3 rings (SSSR count). The molecule has 7 nitrogen and oxygen atoms in total. The number of anilines is 2. The fourth-order valence-corrected chi connectivity index (χ4v) is 3.04. The van der Waals surface area contributed by atoms with E-state index in [9.17, 15) is 13.2 Å². The molecule has 1 aliphatic heterocycles. The van der Waals surface area contributed by atoms with Gasteiger partial charge in [0.15, 0.2) is 6.10 Å².